The molecule has 0 amide bonds. The lowest BCUT2D eigenvalue weighted by atomic mass is 10.1. The van der Waals surface area contributed by atoms with Gasteiger partial charge in [-0.05, 0) is 31.2 Å². The number of aryl methyl sites for hydroxylation is 1. The number of H-pyrrole nitrogens is 1. The number of nitrogens with one attached hydrogen (secondary N) is 1. The van der Waals surface area contributed by atoms with Gasteiger partial charge >= 0.3 is 5.97 Å². The van der Waals surface area contributed by atoms with Gasteiger partial charge in [-0.3, -0.25) is 10.00 Å². The molecule has 0 spiro atoms. The van der Waals surface area contributed by atoms with Gasteiger partial charge in [0.1, 0.15) is 9.71 Å². The Kier molecular flexibility index (Phi) is 4.40. The summed E-state index contributed by atoms with van der Waals surface area (Å²) in [7, 11) is 3.45. The standard InChI is InChI=1S/C16H18N4O2S/c1-10-13-4-11(8-20(2)9-12-6-18-19-7-12)5-17-15(13)23-14(10)16(21)22-3/h4-7H,8-9H2,1-3H3,(H,18,19). The number of nitrogens with zero attached hydrogens (tertiary/aromatic N) is 3. The predicted molar refractivity (Wildman–Crippen MR) is 89.5 cm³/mol. The minimum absolute atomic E-state index is 0.302. The van der Waals surface area contributed by atoms with Crippen LogP contribution < -0.4 is 0 Å². The number of ether oxygens (including phenoxy) is 1. The van der Waals surface area contributed by atoms with E-state index in [9.17, 15) is 4.79 Å². The third-order valence-electron chi connectivity index (χ3n) is 3.68. The van der Waals surface area contributed by atoms with Crippen molar-refractivity contribution in [2.24, 2.45) is 0 Å². The molecular weight excluding hydrogens is 312 g/mol. The van der Waals surface area contributed by atoms with Crippen LogP contribution in [0.1, 0.15) is 26.4 Å². The molecule has 0 saturated heterocycles. The van der Waals surface area contributed by atoms with Gasteiger partial charge < -0.3 is 4.74 Å². The second kappa shape index (κ2) is 6.47. The third kappa shape index (κ3) is 3.25. The average Bonchev–Trinajstić information content (AvgIpc) is 3.15. The summed E-state index contributed by atoms with van der Waals surface area (Å²) >= 11 is 1.38. The Hall–Kier alpha value is -2.25. The van der Waals surface area contributed by atoms with E-state index in [1.54, 1.807) is 0 Å². The minimum Gasteiger partial charge on any atom is -0.465 e. The van der Waals surface area contributed by atoms with Crippen molar-refractivity contribution in [1.29, 1.82) is 0 Å². The van der Waals surface area contributed by atoms with Crippen molar-refractivity contribution < 1.29 is 9.53 Å². The van der Waals surface area contributed by atoms with Gasteiger partial charge in [0.15, 0.2) is 0 Å². The number of fused-ring (bicyclic) bond motifs is 1. The number of methoxy groups -OCH3 is 1. The van der Waals surface area contributed by atoms with Gasteiger partial charge in [-0.25, -0.2) is 9.78 Å². The predicted octanol–water partition coefficient (Wildman–Crippen LogP) is 2.75. The summed E-state index contributed by atoms with van der Waals surface area (Å²) in [5, 5.41) is 7.79. The molecule has 0 aliphatic carbocycles. The number of thiophene rings is 1. The molecule has 6 nitrogen and oxygen atoms in total. The first-order chi connectivity index (χ1) is 11.1. The quantitative estimate of drug-likeness (QED) is 0.728. The molecule has 0 atom stereocenters. The molecule has 3 heterocycles. The number of aromatic nitrogens is 3. The first-order valence-electron chi connectivity index (χ1n) is 7.21. The molecule has 3 rings (SSSR count). The van der Waals surface area contributed by atoms with Crippen molar-refractivity contribution in [3.8, 4) is 0 Å². The lowest BCUT2D eigenvalue weighted by Crippen LogP contribution is -2.16. The van der Waals surface area contributed by atoms with E-state index in [-0.39, 0.29) is 5.97 Å². The minimum atomic E-state index is -0.302. The van der Waals surface area contributed by atoms with E-state index in [0.29, 0.717) is 4.88 Å². The summed E-state index contributed by atoms with van der Waals surface area (Å²) in [5.74, 6) is -0.302. The van der Waals surface area contributed by atoms with Crippen LogP contribution in [0.2, 0.25) is 0 Å². The Balaban J connectivity index is 1.82. The molecule has 120 valence electrons. The molecule has 3 aromatic rings. The molecule has 0 saturated carbocycles. The summed E-state index contributed by atoms with van der Waals surface area (Å²) in [5.41, 5.74) is 3.19. The number of rotatable bonds is 5. The SMILES string of the molecule is COC(=O)c1sc2ncc(CN(C)Cc3cn[nH]c3)cc2c1C. The van der Waals surface area contributed by atoms with E-state index in [1.165, 1.54) is 18.4 Å². The fourth-order valence-corrected chi connectivity index (χ4v) is 3.61. The van der Waals surface area contributed by atoms with Gasteiger partial charge in [0, 0.05) is 36.4 Å². The maximum Gasteiger partial charge on any atom is 0.348 e. The Morgan fingerprint density at radius 3 is 2.83 bits per heavy atom. The lowest BCUT2D eigenvalue weighted by Gasteiger charge is -2.15. The van der Waals surface area contributed by atoms with E-state index in [2.05, 4.69) is 33.2 Å². The normalized spacial score (nSPS) is 11.3. The molecule has 0 aliphatic rings. The second-order valence-electron chi connectivity index (χ2n) is 5.52. The van der Waals surface area contributed by atoms with Gasteiger partial charge in [0.25, 0.3) is 0 Å². The van der Waals surface area contributed by atoms with E-state index >= 15 is 0 Å². The number of aromatic amines is 1. The highest BCUT2D eigenvalue weighted by atomic mass is 32.1. The Morgan fingerprint density at radius 1 is 1.35 bits per heavy atom. The zero-order valence-corrected chi connectivity index (χ0v) is 14.1. The molecule has 7 heteroatoms. The average molecular weight is 330 g/mol. The van der Waals surface area contributed by atoms with Crippen molar-refractivity contribution >= 4 is 27.5 Å². The van der Waals surface area contributed by atoms with Crippen LogP contribution >= 0.6 is 11.3 Å². The molecular formula is C16H18N4O2S. The molecule has 0 bridgehead atoms. The summed E-state index contributed by atoms with van der Waals surface area (Å²) in [4.78, 5) is 20.0. The Labute approximate surface area is 138 Å². The van der Waals surface area contributed by atoms with Crippen molar-refractivity contribution in [2.45, 2.75) is 20.0 Å². The second-order valence-corrected chi connectivity index (χ2v) is 6.52. The highest BCUT2D eigenvalue weighted by Gasteiger charge is 2.17. The van der Waals surface area contributed by atoms with Gasteiger partial charge in [0.2, 0.25) is 0 Å². The van der Waals surface area contributed by atoms with Crippen LogP contribution in [-0.2, 0) is 17.8 Å². The van der Waals surface area contributed by atoms with Gasteiger partial charge in [-0.2, -0.15) is 5.10 Å². The van der Waals surface area contributed by atoms with Crippen LogP contribution in [0.25, 0.3) is 10.2 Å². The third-order valence-corrected chi connectivity index (χ3v) is 4.88. The van der Waals surface area contributed by atoms with Crippen molar-refractivity contribution in [3.05, 3.63) is 46.2 Å². The number of esters is 1. The summed E-state index contributed by atoms with van der Waals surface area (Å²) in [6.45, 7) is 3.52. The van der Waals surface area contributed by atoms with Crippen LogP contribution in [0.3, 0.4) is 0 Å². The molecule has 0 aromatic carbocycles. The lowest BCUT2D eigenvalue weighted by molar-refractivity contribution is 0.0605. The summed E-state index contributed by atoms with van der Waals surface area (Å²) < 4.78 is 4.83. The molecule has 0 radical (unpaired) electrons. The van der Waals surface area contributed by atoms with Crippen molar-refractivity contribution in [3.63, 3.8) is 0 Å². The molecule has 0 aliphatic heterocycles. The van der Waals surface area contributed by atoms with Crippen LogP contribution in [0, 0.1) is 6.92 Å². The summed E-state index contributed by atoms with van der Waals surface area (Å²) in [6, 6.07) is 2.10. The summed E-state index contributed by atoms with van der Waals surface area (Å²) in [6.07, 6.45) is 5.58. The smallest absolute Gasteiger partial charge is 0.348 e. The zero-order chi connectivity index (χ0) is 16.4. The highest BCUT2D eigenvalue weighted by Crippen LogP contribution is 2.30. The van der Waals surface area contributed by atoms with Crippen LogP contribution in [0.5, 0.6) is 0 Å². The monoisotopic (exact) mass is 330 g/mol. The first-order valence-corrected chi connectivity index (χ1v) is 8.02. The Morgan fingerprint density at radius 2 is 2.13 bits per heavy atom. The largest absolute Gasteiger partial charge is 0.465 e. The van der Waals surface area contributed by atoms with E-state index in [1.807, 2.05) is 25.5 Å². The first kappa shape index (κ1) is 15.6. The number of hydrogen-bond donors (Lipinski definition) is 1. The van der Waals surface area contributed by atoms with E-state index in [4.69, 9.17) is 4.74 Å². The van der Waals surface area contributed by atoms with Crippen LogP contribution in [0.15, 0.2) is 24.7 Å². The van der Waals surface area contributed by atoms with E-state index in [0.717, 1.165) is 40.0 Å². The highest BCUT2D eigenvalue weighted by molar-refractivity contribution is 7.20. The fraction of sp³-hybridized carbons (Fsp3) is 0.312. The number of hydrogen-bond acceptors (Lipinski definition) is 6. The maximum atomic E-state index is 11.8. The number of pyridine rings is 1. The van der Waals surface area contributed by atoms with Gasteiger partial charge in [-0.15, -0.1) is 11.3 Å². The maximum absolute atomic E-state index is 11.8. The molecule has 0 fully saturated rings. The zero-order valence-electron chi connectivity index (χ0n) is 13.3. The van der Waals surface area contributed by atoms with Gasteiger partial charge in [0.05, 0.1) is 13.3 Å². The van der Waals surface area contributed by atoms with Crippen LogP contribution in [-0.4, -0.2) is 40.2 Å². The van der Waals surface area contributed by atoms with Crippen LogP contribution in [0.4, 0.5) is 0 Å². The number of carbonyl (C=O) groups excluding carboxylic acids is 1. The molecule has 3 aromatic heterocycles. The molecule has 0 unspecified atom stereocenters. The van der Waals surface area contributed by atoms with Gasteiger partial charge in [-0.1, -0.05) is 0 Å². The van der Waals surface area contributed by atoms with Crippen molar-refractivity contribution in [2.75, 3.05) is 14.2 Å². The topological polar surface area (TPSA) is 71.1 Å². The molecule has 23 heavy (non-hydrogen) atoms. The fourth-order valence-electron chi connectivity index (χ4n) is 2.56. The Bertz CT molecular complexity index is 826. The molecule has 1 N–H and O–H groups in total. The van der Waals surface area contributed by atoms with E-state index < -0.39 is 0 Å². The number of carbonyl (C=O) groups is 1. The van der Waals surface area contributed by atoms with Crippen molar-refractivity contribution in [1.82, 2.24) is 20.1 Å².